The minimum Gasteiger partial charge on any atom is -0.494 e. The van der Waals surface area contributed by atoms with Gasteiger partial charge in [0.05, 0.1) is 85.8 Å². The monoisotopic (exact) mass is 1490 g/mol. The van der Waals surface area contributed by atoms with Crippen LogP contribution in [0.15, 0.2) is 183 Å². The molecule has 0 atom stereocenters. The van der Waals surface area contributed by atoms with Gasteiger partial charge in [0.15, 0.2) is 41.3 Å². The summed E-state index contributed by atoms with van der Waals surface area (Å²) < 4.78 is 53.0. The van der Waals surface area contributed by atoms with E-state index < -0.39 is 6.29 Å². The standard InChI is InChI=1S/C32H43N5O2.C29H31N3O5.C27H27N3O4/c1-32(2,3)25-18-24(22-36(6)17-16-35(4)5)31(38-8)28(20-25)34-21-26-19-23-10-9-11-29(30(23)37(26)7)39-27-12-14-33-15-13-27;1-29(2,3)19-16-21(28-35-13-14-36-28)26(34-5)22(17-19)31-27(33)23-15-18-7-6-8-24(25(18)32(23)4)37-20-9-11-30-12-10-20;1-27(2,3)19-13-18(16-31)25(33-5)21(15-19)29-26(32)22-14-17-7-6-8-23(24(17)30(22)4)34-20-9-11-28-12-10-20/h9-15,18-20,34H,16-17,21-22H2,1-8H3;6-12,15-17,28H,13-14H2,1-5H3,(H,31,33);6-16H,1-5H3,(H,29,32). The molecule has 0 radical (unpaired) electrons. The summed E-state index contributed by atoms with van der Waals surface area (Å²) >= 11 is 0. The summed E-state index contributed by atoms with van der Waals surface area (Å²) in [6, 6.07) is 46.5. The van der Waals surface area contributed by atoms with E-state index in [4.69, 9.17) is 37.9 Å². The van der Waals surface area contributed by atoms with Crippen LogP contribution in [0.25, 0.3) is 32.7 Å². The highest BCUT2D eigenvalue weighted by Gasteiger charge is 2.30. The number of aromatic nitrogens is 6. The number of likely N-dealkylation sites (N-methyl/N-ethyl adjacent to an activating group) is 2. The number of hydrogen-bond donors (Lipinski definition) is 3. The minimum absolute atomic E-state index is 0.0124. The van der Waals surface area contributed by atoms with Crippen molar-refractivity contribution in [3.8, 4) is 51.7 Å². The Bertz CT molecular complexity index is 5220. The zero-order valence-electron chi connectivity index (χ0n) is 66.3. The lowest BCUT2D eigenvalue weighted by Crippen LogP contribution is -2.28. The van der Waals surface area contributed by atoms with E-state index in [0.29, 0.717) is 82.6 Å². The Morgan fingerprint density at radius 1 is 0.500 bits per heavy atom. The van der Waals surface area contributed by atoms with Crippen LogP contribution in [0.2, 0.25) is 0 Å². The van der Waals surface area contributed by atoms with Gasteiger partial charge in [-0.3, -0.25) is 29.3 Å². The van der Waals surface area contributed by atoms with Crippen molar-refractivity contribution in [2.75, 3.05) is 84.7 Å². The Labute approximate surface area is 644 Å². The number of aryl methyl sites for hydroxylation is 3. The molecular formula is C88H101N11O11. The Balaban J connectivity index is 0.000000164. The summed E-state index contributed by atoms with van der Waals surface area (Å²) in [5, 5.41) is 12.6. The molecule has 0 spiro atoms. The summed E-state index contributed by atoms with van der Waals surface area (Å²) in [5.41, 5.74) is 11.9. The van der Waals surface area contributed by atoms with Gasteiger partial charge in [-0.15, -0.1) is 0 Å². The van der Waals surface area contributed by atoms with Crippen LogP contribution in [0.5, 0.6) is 51.7 Å². The second-order valence-electron chi connectivity index (χ2n) is 30.6. The number of anilines is 3. The van der Waals surface area contributed by atoms with Crippen LogP contribution in [-0.2, 0) is 60.0 Å². The smallest absolute Gasteiger partial charge is 0.272 e. The van der Waals surface area contributed by atoms with Gasteiger partial charge in [-0.1, -0.05) is 105 Å². The van der Waals surface area contributed by atoms with Gasteiger partial charge in [0.2, 0.25) is 0 Å². The van der Waals surface area contributed by atoms with Gasteiger partial charge < -0.3 is 77.3 Å². The van der Waals surface area contributed by atoms with Crippen LogP contribution in [0.4, 0.5) is 17.1 Å². The fourth-order valence-electron chi connectivity index (χ4n) is 13.2. The molecule has 13 rings (SSSR count). The largest absolute Gasteiger partial charge is 0.494 e. The van der Waals surface area contributed by atoms with Crippen molar-refractivity contribution in [3.05, 3.63) is 233 Å². The molecule has 6 aromatic carbocycles. The molecule has 3 N–H and O–H groups in total. The molecule has 1 fully saturated rings. The van der Waals surface area contributed by atoms with E-state index in [0.717, 1.165) is 104 Å². The molecule has 0 aliphatic carbocycles. The van der Waals surface area contributed by atoms with Crippen LogP contribution in [0.1, 0.15) is 133 Å². The number of methoxy groups -OCH3 is 3. The number of amides is 2. The fourth-order valence-corrected chi connectivity index (χ4v) is 13.2. The number of aldehydes is 1. The van der Waals surface area contributed by atoms with Crippen molar-refractivity contribution in [2.45, 2.75) is 97.9 Å². The first-order valence-corrected chi connectivity index (χ1v) is 36.6. The summed E-state index contributed by atoms with van der Waals surface area (Å²) in [7, 11) is 17.0. The second kappa shape index (κ2) is 34.3. The Morgan fingerprint density at radius 2 is 0.909 bits per heavy atom. The first-order chi connectivity index (χ1) is 52.5. The Morgan fingerprint density at radius 3 is 1.34 bits per heavy atom. The molecule has 12 aromatic rings. The first-order valence-electron chi connectivity index (χ1n) is 36.6. The minimum atomic E-state index is -0.543. The molecule has 1 aliphatic heterocycles. The Kier molecular flexibility index (Phi) is 24.8. The van der Waals surface area contributed by atoms with Gasteiger partial charge >= 0.3 is 0 Å². The number of rotatable bonds is 23. The highest BCUT2D eigenvalue weighted by Crippen LogP contribution is 2.44. The van der Waals surface area contributed by atoms with Crippen molar-refractivity contribution in [2.24, 2.45) is 21.1 Å². The molecule has 6 aromatic heterocycles. The second-order valence-corrected chi connectivity index (χ2v) is 30.6. The van der Waals surface area contributed by atoms with Crippen LogP contribution < -0.4 is 44.4 Å². The molecule has 2 amide bonds. The lowest BCUT2D eigenvalue weighted by Gasteiger charge is -2.26. The lowest BCUT2D eigenvalue weighted by atomic mass is 9.85. The zero-order valence-corrected chi connectivity index (χ0v) is 66.3. The molecule has 7 heterocycles. The summed E-state index contributed by atoms with van der Waals surface area (Å²) in [5.74, 6) is 5.35. The Hall–Kier alpha value is -11.6. The van der Waals surface area contributed by atoms with Crippen LogP contribution >= 0.6 is 0 Å². The number of fused-ring (bicyclic) bond motifs is 3. The van der Waals surface area contributed by atoms with Gasteiger partial charge in [-0.25, -0.2) is 0 Å². The van der Waals surface area contributed by atoms with Crippen molar-refractivity contribution < 1.29 is 52.3 Å². The number of nitrogens with zero attached hydrogens (tertiary/aromatic N) is 8. The predicted octanol–water partition coefficient (Wildman–Crippen LogP) is 18.0. The third kappa shape index (κ3) is 18.6. The molecule has 0 unspecified atom stereocenters. The number of carbonyl (C=O) groups is 3. The van der Waals surface area contributed by atoms with Gasteiger partial charge in [0.1, 0.15) is 34.4 Å². The molecule has 1 saturated heterocycles. The van der Waals surface area contributed by atoms with Crippen molar-refractivity contribution in [1.29, 1.82) is 0 Å². The summed E-state index contributed by atoms with van der Waals surface area (Å²) in [6.45, 7) is 23.7. The van der Waals surface area contributed by atoms with E-state index in [9.17, 15) is 14.4 Å². The molecule has 22 heteroatoms. The maximum Gasteiger partial charge on any atom is 0.272 e. The summed E-state index contributed by atoms with van der Waals surface area (Å²) in [6.07, 6.45) is 10.3. The van der Waals surface area contributed by atoms with E-state index in [1.807, 2.05) is 130 Å². The third-order valence-corrected chi connectivity index (χ3v) is 19.2. The number of nitrogens with one attached hydrogen (secondary N) is 3. The predicted molar refractivity (Wildman–Crippen MR) is 435 cm³/mol. The highest BCUT2D eigenvalue weighted by atomic mass is 16.7. The average Bonchev–Trinajstić information content (AvgIpc) is 1.75. The molecule has 22 nitrogen and oxygen atoms in total. The van der Waals surface area contributed by atoms with Crippen molar-refractivity contribution in [3.63, 3.8) is 0 Å². The normalized spacial score (nSPS) is 12.5. The number of pyridine rings is 3. The molecule has 0 bridgehead atoms. The van der Waals surface area contributed by atoms with E-state index >= 15 is 0 Å². The number of ether oxygens (including phenoxy) is 8. The van der Waals surface area contributed by atoms with E-state index in [-0.39, 0.29) is 28.1 Å². The highest BCUT2D eigenvalue weighted by molar-refractivity contribution is 6.09. The van der Waals surface area contributed by atoms with Gasteiger partial charge in [0, 0.05) is 105 Å². The number of carbonyl (C=O) groups excluding carboxylic acids is 3. The van der Waals surface area contributed by atoms with E-state index in [1.165, 1.54) is 18.2 Å². The topological polar surface area (TPSA) is 221 Å². The summed E-state index contributed by atoms with van der Waals surface area (Å²) in [4.78, 5) is 55.4. The van der Waals surface area contributed by atoms with Crippen LogP contribution in [-0.4, -0.2) is 125 Å². The van der Waals surface area contributed by atoms with Crippen molar-refractivity contribution in [1.82, 2.24) is 38.5 Å². The molecule has 110 heavy (non-hydrogen) atoms. The average molecular weight is 1490 g/mol. The molecule has 574 valence electrons. The maximum atomic E-state index is 13.6. The van der Waals surface area contributed by atoms with Crippen molar-refractivity contribution >= 4 is 67.9 Å². The van der Waals surface area contributed by atoms with Crippen LogP contribution in [0, 0.1) is 0 Å². The number of hydrogen-bond acceptors (Lipinski definition) is 17. The fraction of sp³-hybridized carbons (Fsp3) is 0.318. The first kappa shape index (κ1) is 79.5. The maximum absolute atomic E-state index is 13.6. The van der Waals surface area contributed by atoms with Gasteiger partial charge in [0.25, 0.3) is 11.8 Å². The molecular weight excluding hydrogens is 1390 g/mol. The van der Waals surface area contributed by atoms with Gasteiger partial charge in [-0.2, -0.15) is 0 Å². The number of benzene rings is 6. The lowest BCUT2D eigenvalue weighted by molar-refractivity contribution is -0.0455. The molecule has 0 saturated carbocycles. The van der Waals surface area contributed by atoms with Gasteiger partial charge in [-0.05, 0) is 157 Å². The SMILES string of the molecule is COc1c(C=O)cc(C(C)(C)C)cc1NC(=O)c1cc2cccc(Oc3ccncc3)c2n1C.COc1c(CN(C)CCN(C)C)cc(C(C)(C)C)cc1NCc1cc2cccc(Oc3ccncc3)c2n1C.COc1c(NC(=O)c2cc3cccc(Oc4ccncc4)c3n2C)cc(C(C)(C)C)cc1C1OCCO1. The third-order valence-electron chi connectivity index (χ3n) is 19.2. The van der Waals surface area contributed by atoms with E-state index in [1.54, 1.807) is 86.3 Å². The van der Waals surface area contributed by atoms with E-state index in [2.05, 4.69) is 139 Å². The van der Waals surface area contributed by atoms with Crippen LogP contribution in [0.3, 0.4) is 0 Å². The molecule has 1 aliphatic rings. The zero-order chi connectivity index (χ0) is 78.8. The quantitative estimate of drug-likeness (QED) is 0.0507. The number of para-hydroxylation sites is 3.